The first kappa shape index (κ1) is 24.3. The molecule has 0 saturated heterocycles. The molecule has 0 aliphatic carbocycles. The number of nitrogens with one attached hydrogen (secondary N) is 1. The lowest BCUT2D eigenvalue weighted by Crippen LogP contribution is -2.28. The Morgan fingerprint density at radius 2 is 1.73 bits per heavy atom. The van der Waals surface area contributed by atoms with Gasteiger partial charge in [-0.1, -0.05) is 60.1 Å². The van der Waals surface area contributed by atoms with Gasteiger partial charge in [0.05, 0.1) is 24.6 Å². The number of rotatable bonds is 6. The van der Waals surface area contributed by atoms with E-state index in [2.05, 4.69) is 20.1 Å². The number of esters is 1. The summed E-state index contributed by atoms with van der Waals surface area (Å²) in [5.41, 5.74) is 2.77. The minimum Gasteiger partial charge on any atom is -0.417 e. The van der Waals surface area contributed by atoms with Gasteiger partial charge in [0.2, 0.25) is 0 Å². The van der Waals surface area contributed by atoms with Crippen LogP contribution in [0.5, 0.6) is 5.75 Å². The zero-order valence-electron chi connectivity index (χ0n) is 18.9. The van der Waals surface area contributed by atoms with Gasteiger partial charge in [0.15, 0.2) is 11.6 Å². The SMILES string of the molecule is O=C(Oc1c(-c2cnn(Cc3ccccc3Cl)c2)ccnc1-c1ncc(-c2ccccc2)[nH]1)C(F)(F)F. The first-order valence-electron chi connectivity index (χ1n) is 10.9. The Balaban J connectivity index is 1.56. The maximum Gasteiger partial charge on any atom is 0.491 e. The number of ether oxygens (including phenoxy) is 1. The number of aromatic nitrogens is 5. The zero-order chi connectivity index (χ0) is 26.0. The van der Waals surface area contributed by atoms with E-state index in [-0.39, 0.29) is 17.1 Å². The third-order valence-corrected chi connectivity index (χ3v) is 5.82. The Bertz CT molecular complexity index is 1560. The molecule has 186 valence electrons. The zero-order valence-corrected chi connectivity index (χ0v) is 19.7. The third-order valence-electron chi connectivity index (χ3n) is 5.45. The fourth-order valence-electron chi connectivity index (χ4n) is 3.69. The number of pyridine rings is 1. The van der Waals surface area contributed by atoms with Crippen molar-refractivity contribution in [1.82, 2.24) is 24.7 Å². The molecule has 0 fully saturated rings. The molecule has 0 aliphatic rings. The molecule has 0 spiro atoms. The number of aromatic amines is 1. The highest BCUT2D eigenvalue weighted by atomic mass is 35.5. The summed E-state index contributed by atoms with van der Waals surface area (Å²) in [5, 5.41) is 4.85. The van der Waals surface area contributed by atoms with Crippen molar-refractivity contribution in [1.29, 1.82) is 0 Å². The molecule has 3 heterocycles. The second-order valence-electron chi connectivity index (χ2n) is 7.95. The van der Waals surface area contributed by atoms with Crippen LogP contribution in [0.25, 0.3) is 33.9 Å². The van der Waals surface area contributed by atoms with Crippen LogP contribution in [0.15, 0.2) is 85.5 Å². The summed E-state index contributed by atoms with van der Waals surface area (Å²) in [4.78, 5) is 23.4. The van der Waals surface area contributed by atoms with E-state index in [1.807, 2.05) is 42.5 Å². The van der Waals surface area contributed by atoms with Gasteiger partial charge in [0.1, 0.15) is 5.69 Å². The highest BCUT2D eigenvalue weighted by Gasteiger charge is 2.42. The largest absolute Gasteiger partial charge is 0.491 e. The Labute approximate surface area is 213 Å². The van der Waals surface area contributed by atoms with Gasteiger partial charge in [-0.3, -0.25) is 4.68 Å². The summed E-state index contributed by atoms with van der Waals surface area (Å²) in [6.07, 6.45) is 0.780. The monoisotopic (exact) mass is 523 g/mol. The molecule has 0 bridgehead atoms. The predicted octanol–water partition coefficient (Wildman–Crippen LogP) is 6.17. The summed E-state index contributed by atoms with van der Waals surface area (Å²) in [6.45, 7) is 0.327. The molecule has 0 atom stereocenters. The second-order valence-corrected chi connectivity index (χ2v) is 8.36. The van der Waals surface area contributed by atoms with Crippen LogP contribution in [-0.2, 0) is 11.3 Å². The van der Waals surface area contributed by atoms with Gasteiger partial charge in [-0.2, -0.15) is 18.3 Å². The van der Waals surface area contributed by atoms with Crippen molar-refractivity contribution in [3.8, 4) is 39.7 Å². The van der Waals surface area contributed by atoms with Gasteiger partial charge < -0.3 is 9.72 Å². The van der Waals surface area contributed by atoms with E-state index in [0.29, 0.717) is 22.8 Å². The van der Waals surface area contributed by atoms with Gasteiger partial charge in [-0.15, -0.1) is 0 Å². The van der Waals surface area contributed by atoms with Gasteiger partial charge in [-0.25, -0.2) is 14.8 Å². The molecule has 0 aliphatic heterocycles. The van der Waals surface area contributed by atoms with Gasteiger partial charge >= 0.3 is 12.1 Å². The number of benzene rings is 2. The van der Waals surface area contributed by atoms with Crippen LogP contribution in [0.1, 0.15) is 5.56 Å². The van der Waals surface area contributed by atoms with Crippen LogP contribution in [0.3, 0.4) is 0 Å². The van der Waals surface area contributed by atoms with E-state index in [1.165, 1.54) is 24.7 Å². The van der Waals surface area contributed by atoms with Crippen molar-refractivity contribution in [3.63, 3.8) is 0 Å². The minimum absolute atomic E-state index is 0.0591. The summed E-state index contributed by atoms with van der Waals surface area (Å²) < 4.78 is 45.9. The number of carbonyl (C=O) groups is 1. The number of hydrogen-bond donors (Lipinski definition) is 1. The van der Waals surface area contributed by atoms with E-state index in [1.54, 1.807) is 23.0 Å². The molecule has 0 radical (unpaired) electrons. The summed E-state index contributed by atoms with van der Waals surface area (Å²) in [6, 6.07) is 17.9. The molecule has 7 nitrogen and oxygen atoms in total. The number of H-pyrrole nitrogens is 1. The van der Waals surface area contributed by atoms with Gasteiger partial charge in [-0.05, 0) is 23.3 Å². The molecule has 2 aromatic carbocycles. The Kier molecular flexibility index (Phi) is 6.49. The number of nitrogens with zero attached hydrogens (tertiary/aromatic N) is 4. The number of hydrogen-bond acceptors (Lipinski definition) is 5. The molecule has 11 heteroatoms. The Hall–Kier alpha value is -4.44. The van der Waals surface area contributed by atoms with Crippen LogP contribution in [-0.4, -0.2) is 36.9 Å². The van der Waals surface area contributed by atoms with Crippen molar-refractivity contribution in [3.05, 3.63) is 96.0 Å². The van der Waals surface area contributed by atoms with E-state index < -0.39 is 17.9 Å². The molecule has 37 heavy (non-hydrogen) atoms. The fraction of sp³-hybridized carbons (Fsp3) is 0.0769. The van der Waals surface area contributed by atoms with Crippen molar-refractivity contribution in [2.24, 2.45) is 0 Å². The fourth-order valence-corrected chi connectivity index (χ4v) is 3.89. The van der Waals surface area contributed by atoms with E-state index in [9.17, 15) is 18.0 Å². The van der Waals surface area contributed by atoms with Crippen molar-refractivity contribution < 1.29 is 22.7 Å². The van der Waals surface area contributed by atoms with Crippen molar-refractivity contribution >= 4 is 17.6 Å². The maximum atomic E-state index is 13.2. The standard InChI is InChI=1S/C26H17ClF3N5O2/c27-20-9-5-4-8-17(20)14-35-15-18(12-33-35)19-10-11-31-22(23(19)37-25(36)26(28,29)30)24-32-13-21(34-24)16-6-2-1-3-7-16/h1-13,15H,14H2,(H,32,34). The first-order chi connectivity index (χ1) is 17.8. The molecular formula is C26H17ClF3N5O2. The molecule has 0 saturated carbocycles. The van der Waals surface area contributed by atoms with Crippen molar-refractivity contribution in [2.45, 2.75) is 12.7 Å². The van der Waals surface area contributed by atoms with Crippen LogP contribution in [0, 0.1) is 0 Å². The van der Waals surface area contributed by atoms with E-state index >= 15 is 0 Å². The van der Waals surface area contributed by atoms with Crippen LogP contribution >= 0.6 is 11.6 Å². The first-order valence-corrected chi connectivity index (χ1v) is 11.3. The lowest BCUT2D eigenvalue weighted by Gasteiger charge is -2.13. The number of imidazole rings is 1. The van der Waals surface area contributed by atoms with Crippen LogP contribution in [0.2, 0.25) is 5.02 Å². The van der Waals surface area contributed by atoms with Gasteiger partial charge in [0, 0.05) is 28.5 Å². The molecular weight excluding hydrogens is 507 g/mol. The van der Waals surface area contributed by atoms with Crippen molar-refractivity contribution in [2.75, 3.05) is 0 Å². The molecule has 0 unspecified atom stereocenters. The average molecular weight is 524 g/mol. The Morgan fingerprint density at radius 1 is 0.973 bits per heavy atom. The average Bonchev–Trinajstić information content (AvgIpc) is 3.56. The van der Waals surface area contributed by atoms with E-state index in [0.717, 1.165) is 11.1 Å². The molecule has 3 aromatic heterocycles. The van der Waals surface area contributed by atoms with Gasteiger partial charge in [0.25, 0.3) is 0 Å². The quantitative estimate of drug-likeness (QED) is 0.269. The smallest absolute Gasteiger partial charge is 0.417 e. The number of carbonyl (C=O) groups excluding carboxylic acids is 1. The lowest BCUT2D eigenvalue weighted by molar-refractivity contribution is -0.189. The molecule has 1 N–H and O–H groups in total. The van der Waals surface area contributed by atoms with Crippen LogP contribution in [0.4, 0.5) is 13.2 Å². The molecule has 5 aromatic rings. The topological polar surface area (TPSA) is 85.7 Å². The molecule has 5 rings (SSSR count). The summed E-state index contributed by atoms with van der Waals surface area (Å²) in [7, 11) is 0. The second kappa shape index (κ2) is 9.90. The predicted molar refractivity (Wildman–Crippen MR) is 131 cm³/mol. The number of halogens is 4. The maximum absolute atomic E-state index is 13.2. The summed E-state index contributed by atoms with van der Waals surface area (Å²) in [5.74, 6) is -2.63. The highest BCUT2D eigenvalue weighted by molar-refractivity contribution is 6.31. The summed E-state index contributed by atoms with van der Waals surface area (Å²) >= 11 is 6.23. The van der Waals surface area contributed by atoms with Crippen LogP contribution < -0.4 is 4.74 Å². The number of alkyl halides is 3. The lowest BCUT2D eigenvalue weighted by atomic mass is 10.1. The highest BCUT2D eigenvalue weighted by Crippen LogP contribution is 2.38. The van der Waals surface area contributed by atoms with E-state index in [4.69, 9.17) is 16.3 Å². The molecule has 0 amide bonds. The normalized spacial score (nSPS) is 11.5. The Morgan fingerprint density at radius 3 is 2.49 bits per heavy atom. The third kappa shape index (κ3) is 5.24. The minimum atomic E-state index is -5.21.